The highest BCUT2D eigenvalue weighted by atomic mass is 32.1. The molecule has 1 aromatic rings. The molecule has 0 aromatic carbocycles. The number of methoxy groups -OCH3 is 1. The Bertz CT molecular complexity index is 340. The van der Waals surface area contributed by atoms with Gasteiger partial charge in [-0.2, -0.15) is 0 Å². The van der Waals surface area contributed by atoms with Crippen LogP contribution in [0.25, 0.3) is 0 Å². The first-order valence-electron chi connectivity index (χ1n) is 5.11. The first-order valence-corrected chi connectivity index (χ1v) is 5.51. The Kier molecular flexibility index (Phi) is 5.14. The van der Waals surface area contributed by atoms with Crippen LogP contribution in [0.2, 0.25) is 0 Å². The predicted octanol–water partition coefficient (Wildman–Crippen LogP) is 1.71. The third kappa shape index (κ3) is 4.55. The molecule has 1 unspecified atom stereocenters. The van der Waals surface area contributed by atoms with Crippen molar-refractivity contribution in [3.63, 3.8) is 0 Å². The summed E-state index contributed by atoms with van der Waals surface area (Å²) in [4.78, 5) is 4.17. The van der Waals surface area contributed by atoms with Crippen LogP contribution in [-0.4, -0.2) is 29.9 Å². The summed E-state index contributed by atoms with van der Waals surface area (Å²) in [5, 5.41) is 6.75. The molecule has 1 aromatic heterocycles. The Morgan fingerprint density at radius 3 is 2.88 bits per heavy atom. The lowest BCUT2D eigenvalue weighted by Gasteiger charge is -2.15. The van der Waals surface area contributed by atoms with E-state index >= 15 is 0 Å². The topological polar surface area (TPSA) is 46.2 Å². The quantitative estimate of drug-likeness (QED) is 0.783. The van der Waals surface area contributed by atoms with Gasteiger partial charge in [0, 0.05) is 18.8 Å². The molecule has 88 valence electrons. The zero-order chi connectivity index (χ0) is 12.0. The summed E-state index contributed by atoms with van der Waals surface area (Å²) >= 11 is 5.15. The van der Waals surface area contributed by atoms with E-state index in [1.54, 1.807) is 13.3 Å². The maximum Gasteiger partial charge on any atom is 0.171 e. The first-order chi connectivity index (χ1) is 7.61. The third-order valence-electron chi connectivity index (χ3n) is 1.96. The van der Waals surface area contributed by atoms with Crippen LogP contribution in [-0.2, 0) is 4.74 Å². The largest absolute Gasteiger partial charge is 0.383 e. The van der Waals surface area contributed by atoms with Crippen LogP contribution >= 0.6 is 12.2 Å². The molecule has 1 rings (SSSR count). The molecule has 1 atom stereocenters. The highest BCUT2D eigenvalue weighted by Gasteiger charge is 2.03. The van der Waals surface area contributed by atoms with Gasteiger partial charge in [-0.05, 0) is 38.2 Å². The number of thiocarbonyl (C=S) groups is 1. The summed E-state index contributed by atoms with van der Waals surface area (Å²) in [6, 6.07) is 4.06. The maximum atomic E-state index is 5.15. The standard InChI is InChI=1S/C11H17N3OS/c1-8-4-5-10(6-12-8)14-11(16)13-9(2)7-15-3/h4-6,9H,7H2,1-3H3,(H2,13,14,16). The molecule has 1 heterocycles. The second kappa shape index (κ2) is 6.40. The van der Waals surface area contributed by atoms with Crippen molar-refractivity contribution >= 4 is 23.0 Å². The molecule has 0 saturated carbocycles. The zero-order valence-corrected chi connectivity index (χ0v) is 10.6. The summed E-state index contributed by atoms with van der Waals surface area (Å²) in [6.07, 6.45) is 1.75. The molecule has 0 fully saturated rings. The number of nitrogens with zero attached hydrogens (tertiary/aromatic N) is 1. The van der Waals surface area contributed by atoms with E-state index in [9.17, 15) is 0 Å². The fourth-order valence-corrected chi connectivity index (χ4v) is 1.54. The van der Waals surface area contributed by atoms with E-state index in [4.69, 9.17) is 17.0 Å². The Morgan fingerprint density at radius 2 is 2.31 bits per heavy atom. The van der Waals surface area contributed by atoms with Gasteiger partial charge in [0.1, 0.15) is 0 Å². The molecule has 5 heteroatoms. The lowest BCUT2D eigenvalue weighted by molar-refractivity contribution is 0.179. The lowest BCUT2D eigenvalue weighted by atomic mass is 10.3. The van der Waals surface area contributed by atoms with E-state index in [0.717, 1.165) is 11.4 Å². The van der Waals surface area contributed by atoms with Gasteiger partial charge >= 0.3 is 0 Å². The van der Waals surface area contributed by atoms with Crippen molar-refractivity contribution in [2.24, 2.45) is 0 Å². The molecule has 0 amide bonds. The van der Waals surface area contributed by atoms with Crippen LogP contribution in [0.4, 0.5) is 5.69 Å². The monoisotopic (exact) mass is 239 g/mol. The van der Waals surface area contributed by atoms with Gasteiger partial charge in [0.05, 0.1) is 18.5 Å². The van der Waals surface area contributed by atoms with Crippen LogP contribution < -0.4 is 10.6 Å². The molecule has 0 aliphatic rings. The summed E-state index contributed by atoms with van der Waals surface area (Å²) < 4.78 is 5.01. The van der Waals surface area contributed by atoms with Crippen LogP contribution in [0.15, 0.2) is 18.3 Å². The fraction of sp³-hybridized carbons (Fsp3) is 0.455. The van der Waals surface area contributed by atoms with Crippen molar-refractivity contribution in [2.75, 3.05) is 19.0 Å². The Balaban J connectivity index is 2.42. The molecule has 0 aliphatic heterocycles. The molecule has 0 aliphatic carbocycles. The number of hydrogen-bond acceptors (Lipinski definition) is 3. The Hall–Kier alpha value is -1.20. The van der Waals surface area contributed by atoms with Gasteiger partial charge in [-0.15, -0.1) is 0 Å². The minimum Gasteiger partial charge on any atom is -0.383 e. The molecule has 16 heavy (non-hydrogen) atoms. The maximum absolute atomic E-state index is 5.15. The minimum atomic E-state index is 0.184. The average molecular weight is 239 g/mol. The summed E-state index contributed by atoms with van der Waals surface area (Å²) in [6.45, 7) is 4.57. The van der Waals surface area contributed by atoms with E-state index in [2.05, 4.69) is 15.6 Å². The lowest BCUT2D eigenvalue weighted by Crippen LogP contribution is -2.38. The van der Waals surface area contributed by atoms with Crippen molar-refractivity contribution < 1.29 is 4.74 Å². The van der Waals surface area contributed by atoms with Gasteiger partial charge in [-0.3, -0.25) is 4.98 Å². The van der Waals surface area contributed by atoms with Crippen molar-refractivity contribution in [3.05, 3.63) is 24.0 Å². The highest BCUT2D eigenvalue weighted by Crippen LogP contribution is 2.05. The third-order valence-corrected chi connectivity index (χ3v) is 2.18. The van der Waals surface area contributed by atoms with E-state index in [1.807, 2.05) is 26.0 Å². The van der Waals surface area contributed by atoms with Gasteiger partial charge in [-0.25, -0.2) is 0 Å². The number of nitrogens with one attached hydrogen (secondary N) is 2. The van der Waals surface area contributed by atoms with Crippen LogP contribution in [0.5, 0.6) is 0 Å². The SMILES string of the molecule is COCC(C)NC(=S)Nc1ccc(C)nc1. The number of rotatable bonds is 4. The van der Waals surface area contributed by atoms with Crippen molar-refractivity contribution in [3.8, 4) is 0 Å². The summed E-state index contributed by atoms with van der Waals surface area (Å²) in [5.74, 6) is 0. The van der Waals surface area contributed by atoms with E-state index in [0.29, 0.717) is 11.7 Å². The summed E-state index contributed by atoms with van der Waals surface area (Å²) in [5.41, 5.74) is 1.87. The van der Waals surface area contributed by atoms with Crippen molar-refractivity contribution in [2.45, 2.75) is 19.9 Å². The molecule has 0 bridgehead atoms. The Morgan fingerprint density at radius 1 is 1.56 bits per heavy atom. The van der Waals surface area contributed by atoms with Gasteiger partial charge in [0.25, 0.3) is 0 Å². The van der Waals surface area contributed by atoms with E-state index in [1.165, 1.54) is 0 Å². The molecule has 0 radical (unpaired) electrons. The van der Waals surface area contributed by atoms with Crippen LogP contribution in [0.3, 0.4) is 0 Å². The number of ether oxygens (including phenoxy) is 1. The molecular formula is C11H17N3OS. The number of aromatic nitrogens is 1. The second-order valence-corrected chi connectivity index (χ2v) is 4.05. The second-order valence-electron chi connectivity index (χ2n) is 3.64. The molecule has 4 nitrogen and oxygen atoms in total. The van der Waals surface area contributed by atoms with E-state index < -0.39 is 0 Å². The van der Waals surface area contributed by atoms with Crippen LogP contribution in [0.1, 0.15) is 12.6 Å². The number of pyridine rings is 1. The van der Waals surface area contributed by atoms with Crippen molar-refractivity contribution in [1.82, 2.24) is 10.3 Å². The van der Waals surface area contributed by atoms with E-state index in [-0.39, 0.29) is 6.04 Å². The summed E-state index contributed by atoms with van der Waals surface area (Å²) in [7, 11) is 1.67. The van der Waals surface area contributed by atoms with Crippen molar-refractivity contribution in [1.29, 1.82) is 0 Å². The number of anilines is 1. The predicted molar refractivity (Wildman–Crippen MR) is 69.7 cm³/mol. The van der Waals surface area contributed by atoms with Crippen LogP contribution in [0, 0.1) is 6.92 Å². The molecule has 0 spiro atoms. The Labute approximate surface area is 101 Å². The number of hydrogen-bond donors (Lipinski definition) is 2. The zero-order valence-electron chi connectivity index (χ0n) is 9.78. The first kappa shape index (κ1) is 12.9. The fourth-order valence-electron chi connectivity index (χ4n) is 1.22. The van der Waals surface area contributed by atoms with Gasteiger partial charge < -0.3 is 15.4 Å². The molecular weight excluding hydrogens is 222 g/mol. The normalized spacial score (nSPS) is 11.9. The average Bonchev–Trinajstić information content (AvgIpc) is 2.21. The highest BCUT2D eigenvalue weighted by molar-refractivity contribution is 7.80. The van der Waals surface area contributed by atoms with Gasteiger partial charge in [0.2, 0.25) is 0 Å². The molecule has 2 N–H and O–H groups in total. The minimum absolute atomic E-state index is 0.184. The molecule has 0 saturated heterocycles. The number of aryl methyl sites for hydroxylation is 1. The smallest absolute Gasteiger partial charge is 0.171 e. The van der Waals surface area contributed by atoms with Gasteiger partial charge in [0.15, 0.2) is 5.11 Å². The van der Waals surface area contributed by atoms with Gasteiger partial charge in [-0.1, -0.05) is 0 Å².